The molecule has 0 heterocycles. The van der Waals surface area contributed by atoms with E-state index < -0.39 is 17.4 Å². The summed E-state index contributed by atoms with van der Waals surface area (Å²) in [5.74, 6) is -1.22. The highest BCUT2D eigenvalue weighted by atomic mass is 16.2. The Kier molecular flexibility index (Phi) is 6.50. The molecule has 4 N–H and O–H groups in total. The maximum atomic E-state index is 11.2. The van der Waals surface area contributed by atoms with Crippen LogP contribution in [0.1, 0.15) is 12.5 Å². The van der Waals surface area contributed by atoms with Crippen LogP contribution in [0.2, 0.25) is 0 Å². The molecule has 0 aliphatic rings. The SMILES string of the molecule is CC(=O)C(=N)C(=O)Nc1ccccc1.Cc1ccc(N)cc1. The highest BCUT2D eigenvalue weighted by Gasteiger charge is 2.13. The van der Waals surface area contributed by atoms with Crippen molar-refractivity contribution in [1.29, 1.82) is 5.41 Å². The Morgan fingerprint density at radius 2 is 1.55 bits per heavy atom. The average molecular weight is 297 g/mol. The van der Waals surface area contributed by atoms with Crippen molar-refractivity contribution in [3.05, 3.63) is 60.2 Å². The number of nitrogens with two attached hydrogens (primary N) is 1. The predicted molar refractivity (Wildman–Crippen MR) is 89.1 cm³/mol. The van der Waals surface area contributed by atoms with E-state index in [1.807, 2.05) is 37.3 Å². The molecule has 0 aliphatic carbocycles. The molecule has 0 spiro atoms. The third-order valence-corrected chi connectivity index (χ3v) is 2.69. The van der Waals surface area contributed by atoms with Gasteiger partial charge in [0, 0.05) is 18.3 Å². The summed E-state index contributed by atoms with van der Waals surface area (Å²) in [5, 5.41) is 9.58. The normalized spacial score (nSPS) is 9.18. The smallest absolute Gasteiger partial charge is 0.277 e. The molecule has 2 aromatic carbocycles. The third kappa shape index (κ3) is 6.00. The number of carbonyl (C=O) groups is 2. The van der Waals surface area contributed by atoms with E-state index in [1.165, 1.54) is 12.5 Å². The van der Waals surface area contributed by atoms with E-state index in [1.54, 1.807) is 24.3 Å². The number of aryl methyl sites for hydroxylation is 1. The number of anilines is 2. The van der Waals surface area contributed by atoms with Crippen LogP contribution in [0.25, 0.3) is 0 Å². The van der Waals surface area contributed by atoms with Crippen molar-refractivity contribution in [2.45, 2.75) is 13.8 Å². The Balaban J connectivity index is 0.000000255. The van der Waals surface area contributed by atoms with Crippen LogP contribution in [0.15, 0.2) is 54.6 Å². The fourth-order valence-electron chi connectivity index (χ4n) is 1.44. The quantitative estimate of drug-likeness (QED) is 0.461. The Bertz CT molecular complexity index is 628. The highest BCUT2D eigenvalue weighted by Crippen LogP contribution is 2.04. The molecule has 2 aromatic rings. The second-order valence-corrected chi connectivity index (χ2v) is 4.66. The molecule has 0 bridgehead atoms. The Morgan fingerprint density at radius 3 is 2.00 bits per heavy atom. The van der Waals surface area contributed by atoms with Gasteiger partial charge in [-0.25, -0.2) is 0 Å². The minimum absolute atomic E-state index is 0.533. The van der Waals surface area contributed by atoms with Gasteiger partial charge in [0.2, 0.25) is 0 Å². The maximum absolute atomic E-state index is 11.2. The lowest BCUT2D eigenvalue weighted by Crippen LogP contribution is -2.27. The molecule has 0 saturated heterocycles. The standard InChI is InChI=1S/C10H10N2O2.C7H9N/c1-7(13)9(11)10(14)12-8-5-3-2-4-6-8;1-6-2-4-7(8)5-3-6/h2-6,11H,1H3,(H,12,14);2-5H,8H2,1H3. The molecule has 2 rings (SSSR count). The molecular weight excluding hydrogens is 278 g/mol. The monoisotopic (exact) mass is 297 g/mol. The van der Waals surface area contributed by atoms with Gasteiger partial charge < -0.3 is 11.1 Å². The van der Waals surface area contributed by atoms with Crippen LogP contribution < -0.4 is 11.1 Å². The predicted octanol–water partition coefficient (Wildman–Crippen LogP) is 2.81. The molecule has 0 radical (unpaired) electrons. The van der Waals surface area contributed by atoms with Crippen molar-refractivity contribution in [3.8, 4) is 0 Å². The van der Waals surface area contributed by atoms with E-state index in [0.717, 1.165) is 5.69 Å². The number of hydrogen-bond acceptors (Lipinski definition) is 4. The number of amides is 1. The second kappa shape index (κ2) is 8.36. The van der Waals surface area contributed by atoms with Crippen LogP contribution in [0.5, 0.6) is 0 Å². The van der Waals surface area contributed by atoms with Crippen LogP contribution >= 0.6 is 0 Å². The molecule has 0 aliphatic heterocycles. The second-order valence-electron chi connectivity index (χ2n) is 4.66. The summed E-state index contributed by atoms with van der Waals surface area (Å²) in [6, 6.07) is 16.5. The van der Waals surface area contributed by atoms with E-state index in [2.05, 4.69) is 5.32 Å². The number of benzene rings is 2. The first kappa shape index (κ1) is 17.1. The summed E-state index contributed by atoms with van der Waals surface area (Å²) in [4.78, 5) is 21.9. The molecule has 5 nitrogen and oxygen atoms in total. The van der Waals surface area contributed by atoms with E-state index in [-0.39, 0.29) is 0 Å². The fourth-order valence-corrected chi connectivity index (χ4v) is 1.44. The Labute approximate surface area is 129 Å². The van der Waals surface area contributed by atoms with E-state index >= 15 is 0 Å². The van der Waals surface area contributed by atoms with Gasteiger partial charge in [-0.2, -0.15) is 0 Å². The number of Topliss-reactive ketones (excluding diaryl/α,β-unsaturated/α-hetero) is 1. The lowest BCUT2D eigenvalue weighted by molar-refractivity contribution is -0.114. The van der Waals surface area contributed by atoms with Gasteiger partial charge >= 0.3 is 0 Å². The highest BCUT2D eigenvalue weighted by molar-refractivity contribution is 6.66. The summed E-state index contributed by atoms with van der Waals surface area (Å²) in [5.41, 5.74) is 7.54. The van der Waals surface area contributed by atoms with Crippen LogP contribution in [-0.4, -0.2) is 17.4 Å². The van der Waals surface area contributed by atoms with Crippen molar-refractivity contribution in [2.75, 3.05) is 11.1 Å². The summed E-state index contributed by atoms with van der Waals surface area (Å²) < 4.78 is 0. The molecule has 0 saturated carbocycles. The molecule has 0 atom stereocenters. The largest absolute Gasteiger partial charge is 0.399 e. The van der Waals surface area contributed by atoms with Crippen molar-refractivity contribution in [3.63, 3.8) is 0 Å². The zero-order valence-electron chi connectivity index (χ0n) is 12.6. The number of hydrogen-bond donors (Lipinski definition) is 3. The van der Waals surface area contributed by atoms with Gasteiger partial charge in [-0.1, -0.05) is 35.9 Å². The van der Waals surface area contributed by atoms with Gasteiger partial charge in [0.05, 0.1) is 0 Å². The number of para-hydroxylation sites is 1. The van der Waals surface area contributed by atoms with E-state index in [0.29, 0.717) is 5.69 Å². The number of ketones is 1. The summed E-state index contributed by atoms with van der Waals surface area (Å²) >= 11 is 0. The van der Waals surface area contributed by atoms with E-state index in [9.17, 15) is 9.59 Å². The molecule has 22 heavy (non-hydrogen) atoms. The molecule has 0 fully saturated rings. The summed E-state index contributed by atoms with van der Waals surface area (Å²) in [6.45, 7) is 3.23. The van der Waals surface area contributed by atoms with Crippen LogP contribution in [0.4, 0.5) is 11.4 Å². The number of nitrogen functional groups attached to an aromatic ring is 1. The first-order valence-corrected chi connectivity index (χ1v) is 6.68. The minimum atomic E-state index is -0.677. The molecule has 1 amide bonds. The third-order valence-electron chi connectivity index (χ3n) is 2.69. The van der Waals surface area contributed by atoms with Crippen LogP contribution in [0, 0.1) is 12.3 Å². The van der Waals surface area contributed by atoms with Gasteiger partial charge in [-0.05, 0) is 31.2 Å². The lowest BCUT2D eigenvalue weighted by atomic mass is 10.2. The molecule has 114 valence electrons. The maximum Gasteiger partial charge on any atom is 0.277 e. The van der Waals surface area contributed by atoms with E-state index in [4.69, 9.17) is 11.1 Å². The number of rotatable bonds is 3. The summed E-state index contributed by atoms with van der Waals surface area (Å²) in [7, 11) is 0. The first-order chi connectivity index (χ1) is 10.4. The van der Waals surface area contributed by atoms with Gasteiger partial charge in [0.15, 0.2) is 11.5 Å². The van der Waals surface area contributed by atoms with Crippen LogP contribution in [-0.2, 0) is 9.59 Å². The first-order valence-electron chi connectivity index (χ1n) is 6.68. The Hall–Kier alpha value is -2.95. The van der Waals surface area contributed by atoms with Crippen molar-refractivity contribution < 1.29 is 9.59 Å². The van der Waals surface area contributed by atoms with Gasteiger partial charge in [-0.15, -0.1) is 0 Å². The Morgan fingerprint density at radius 1 is 1.00 bits per heavy atom. The number of carbonyl (C=O) groups excluding carboxylic acids is 2. The molecule has 0 unspecified atom stereocenters. The van der Waals surface area contributed by atoms with Gasteiger partial charge in [-0.3, -0.25) is 15.0 Å². The zero-order chi connectivity index (χ0) is 16.5. The topological polar surface area (TPSA) is 96.0 Å². The zero-order valence-corrected chi connectivity index (χ0v) is 12.6. The molecule has 0 aromatic heterocycles. The summed E-state index contributed by atoms with van der Waals surface area (Å²) in [6.07, 6.45) is 0. The van der Waals surface area contributed by atoms with Crippen molar-refractivity contribution in [2.24, 2.45) is 0 Å². The number of nitrogens with one attached hydrogen (secondary N) is 2. The fraction of sp³-hybridized carbons (Fsp3) is 0.118. The molecular formula is C17H19N3O2. The van der Waals surface area contributed by atoms with Gasteiger partial charge in [0.25, 0.3) is 5.91 Å². The van der Waals surface area contributed by atoms with Gasteiger partial charge in [0.1, 0.15) is 0 Å². The van der Waals surface area contributed by atoms with Crippen LogP contribution in [0.3, 0.4) is 0 Å². The lowest BCUT2D eigenvalue weighted by Gasteiger charge is -2.02. The molecule has 5 heteroatoms. The minimum Gasteiger partial charge on any atom is -0.399 e. The van der Waals surface area contributed by atoms with Crippen molar-refractivity contribution >= 4 is 28.8 Å². The van der Waals surface area contributed by atoms with Crippen molar-refractivity contribution in [1.82, 2.24) is 0 Å². The average Bonchev–Trinajstić information content (AvgIpc) is 2.51.